The van der Waals surface area contributed by atoms with Crippen LogP contribution in [0.3, 0.4) is 0 Å². The van der Waals surface area contributed by atoms with Crippen LogP contribution in [-0.2, 0) is 4.79 Å². The molecule has 0 aliphatic rings. The smallest absolute Gasteiger partial charge is 0.220 e. The van der Waals surface area contributed by atoms with Gasteiger partial charge >= 0.3 is 0 Å². The molecule has 0 aromatic heterocycles. The molecule has 0 fully saturated rings. The highest BCUT2D eigenvalue weighted by molar-refractivity contribution is 5.76. The predicted molar refractivity (Wildman–Crippen MR) is 61.3 cm³/mol. The highest BCUT2D eigenvalue weighted by Crippen LogP contribution is 2.18. The van der Waals surface area contributed by atoms with Gasteiger partial charge in [0.2, 0.25) is 5.91 Å². The first-order valence-corrected chi connectivity index (χ1v) is 5.49. The molecule has 0 aromatic rings. The molecule has 4 N–H and O–H groups in total. The maximum atomic E-state index is 11.4. The Hall–Kier alpha value is -0.610. The third-order valence-corrected chi connectivity index (χ3v) is 2.49. The van der Waals surface area contributed by atoms with Gasteiger partial charge in [-0.15, -0.1) is 0 Å². The minimum absolute atomic E-state index is 0.0407. The summed E-state index contributed by atoms with van der Waals surface area (Å²) in [5.41, 5.74) is 5.39. The number of aliphatic hydroxyl groups is 1. The Labute approximate surface area is 92.2 Å². The van der Waals surface area contributed by atoms with E-state index in [-0.39, 0.29) is 23.8 Å². The van der Waals surface area contributed by atoms with Crippen LogP contribution < -0.4 is 11.1 Å². The lowest BCUT2D eigenvalue weighted by Gasteiger charge is -2.24. The first-order valence-electron chi connectivity index (χ1n) is 5.49. The number of aliphatic hydroxyl groups excluding tert-OH is 1. The molecule has 15 heavy (non-hydrogen) atoms. The average molecular weight is 216 g/mol. The van der Waals surface area contributed by atoms with Gasteiger partial charge in [0, 0.05) is 19.6 Å². The zero-order valence-electron chi connectivity index (χ0n) is 10.0. The largest absolute Gasteiger partial charge is 0.396 e. The second-order valence-electron chi connectivity index (χ2n) is 4.96. The third kappa shape index (κ3) is 7.33. The number of nitrogens with one attached hydrogen (secondary N) is 1. The van der Waals surface area contributed by atoms with Gasteiger partial charge in [-0.3, -0.25) is 4.79 Å². The van der Waals surface area contributed by atoms with Crippen molar-refractivity contribution in [1.82, 2.24) is 5.32 Å². The van der Waals surface area contributed by atoms with Crippen molar-refractivity contribution in [1.29, 1.82) is 0 Å². The number of hydrogen-bond donors (Lipinski definition) is 3. The first-order chi connectivity index (χ1) is 6.91. The molecule has 0 bridgehead atoms. The second-order valence-corrected chi connectivity index (χ2v) is 4.96. The zero-order valence-corrected chi connectivity index (χ0v) is 10.0. The minimum Gasteiger partial charge on any atom is -0.396 e. The van der Waals surface area contributed by atoms with Gasteiger partial charge in [0.1, 0.15) is 0 Å². The van der Waals surface area contributed by atoms with Gasteiger partial charge in [0.15, 0.2) is 0 Å². The number of amides is 1. The summed E-state index contributed by atoms with van der Waals surface area (Å²) in [5, 5.41) is 11.7. The Balaban J connectivity index is 3.79. The van der Waals surface area contributed by atoms with Gasteiger partial charge in [0.25, 0.3) is 0 Å². The number of carbonyl (C=O) groups is 1. The molecule has 4 nitrogen and oxygen atoms in total. The Morgan fingerprint density at radius 3 is 2.60 bits per heavy atom. The normalized spacial score (nSPS) is 13.7. The summed E-state index contributed by atoms with van der Waals surface area (Å²) < 4.78 is 0. The van der Waals surface area contributed by atoms with E-state index >= 15 is 0 Å². The molecule has 0 saturated carbocycles. The maximum Gasteiger partial charge on any atom is 0.220 e. The molecule has 1 unspecified atom stereocenters. The van der Waals surface area contributed by atoms with E-state index in [1.165, 1.54) is 0 Å². The molecule has 0 aliphatic carbocycles. The number of carbonyl (C=O) groups excluding carboxylic acids is 1. The van der Waals surface area contributed by atoms with Crippen molar-refractivity contribution < 1.29 is 9.90 Å². The summed E-state index contributed by atoms with van der Waals surface area (Å²) in [6.07, 6.45) is 1.17. The van der Waals surface area contributed by atoms with Crippen LogP contribution >= 0.6 is 0 Å². The van der Waals surface area contributed by atoms with Crippen molar-refractivity contribution in [3.63, 3.8) is 0 Å². The van der Waals surface area contributed by atoms with Gasteiger partial charge in [-0.25, -0.2) is 0 Å². The molecule has 0 radical (unpaired) electrons. The molecular formula is C11H24N2O2. The van der Waals surface area contributed by atoms with Crippen LogP contribution in [0.15, 0.2) is 0 Å². The van der Waals surface area contributed by atoms with Crippen LogP contribution in [0, 0.1) is 11.3 Å². The van der Waals surface area contributed by atoms with Crippen molar-refractivity contribution in [2.45, 2.75) is 33.6 Å². The lowest BCUT2D eigenvalue weighted by Crippen LogP contribution is -2.35. The summed E-state index contributed by atoms with van der Waals surface area (Å²) >= 11 is 0. The average Bonchev–Trinajstić information content (AvgIpc) is 2.15. The van der Waals surface area contributed by atoms with Gasteiger partial charge in [-0.2, -0.15) is 0 Å². The minimum atomic E-state index is -0.0453. The molecular weight excluding hydrogens is 192 g/mol. The molecule has 90 valence electrons. The summed E-state index contributed by atoms with van der Waals surface area (Å²) in [6, 6.07) is 0. The molecule has 4 heteroatoms. The first kappa shape index (κ1) is 14.4. The van der Waals surface area contributed by atoms with Crippen LogP contribution in [0.5, 0.6) is 0 Å². The fourth-order valence-corrected chi connectivity index (χ4v) is 1.20. The Morgan fingerprint density at radius 2 is 2.13 bits per heavy atom. The van der Waals surface area contributed by atoms with Crippen molar-refractivity contribution in [2.75, 3.05) is 19.7 Å². The van der Waals surface area contributed by atoms with Gasteiger partial charge in [0.05, 0.1) is 0 Å². The predicted octanol–water partition coefficient (Wildman–Crippen LogP) is 0.496. The summed E-state index contributed by atoms with van der Waals surface area (Å²) in [6.45, 7) is 7.30. The van der Waals surface area contributed by atoms with Crippen molar-refractivity contribution in [3.8, 4) is 0 Å². The standard InChI is InChI=1S/C11H24N2O2/c1-9(7-12)6-10(15)13-8-11(2,3)4-5-14/h9,14H,4-8,12H2,1-3H3,(H,13,15). The third-order valence-electron chi connectivity index (χ3n) is 2.49. The lowest BCUT2D eigenvalue weighted by molar-refractivity contribution is -0.122. The number of nitrogens with two attached hydrogens (primary N) is 1. The van der Waals surface area contributed by atoms with Crippen LogP contribution in [0.25, 0.3) is 0 Å². The number of rotatable bonds is 7. The lowest BCUT2D eigenvalue weighted by atomic mass is 9.89. The molecule has 0 heterocycles. The topological polar surface area (TPSA) is 75.4 Å². The van der Waals surface area contributed by atoms with Crippen LogP contribution in [0.4, 0.5) is 0 Å². The van der Waals surface area contributed by atoms with E-state index in [1.54, 1.807) is 0 Å². The van der Waals surface area contributed by atoms with Crippen LogP contribution in [-0.4, -0.2) is 30.7 Å². The van der Waals surface area contributed by atoms with E-state index in [9.17, 15) is 4.79 Å². The van der Waals surface area contributed by atoms with Gasteiger partial charge < -0.3 is 16.2 Å². The van der Waals surface area contributed by atoms with Gasteiger partial charge in [-0.1, -0.05) is 20.8 Å². The molecule has 1 atom stereocenters. The molecule has 0 saturated heterocycles. The quantitative estimate of drug-likeness (QED) is 0.580. The zero-order chi connectivity index (χ0) is 11.9. The van der Waals surface area contributed by atoms with Crippen LogP contribution in [0.1, 0.15) is 33.6 Å². The highest BCUT2D eigenvalue weighted by Gasteiger charge is 2.18. The Kier molecular flexibility index (Phi) is 6.52. The van der Waals surface area contributed by atoms with E-state index in [1.807, 2.05) is 20.8 Å². The van der Waals surface area contributed by atoms with E-state index < -0.39 is 0 Å². The van der Waals surface area contributed by atoms with E-state index in [4.69, 9.17) is 10.8 Å². The van der Waals surface area contributed by atoms with Crippen LogP contribution in [0.2, 0.25) is 0 Å². The van der Waals surface area contributed by atoms with Crippen molar-refractivity contribution in [3.05, 3.63) is 0 Å². The molecule has 0 spiro atoms. The molecule has 1 amide bonds. The van der Waals surface area contributed by atoms with E-state index in [0.29, 0.717) is 25.9 Å². The van der Waals surface area contributed by atoms with Gasteiger partial charge in [-0.05, 0) is 24.3 Å². The highest BCUT2D eigenvalue weighted by atomic mass is 16.3. The summed E-state index contributed by atoms with van der Waals surface area (Å²) in [4.78, 5) is 11.4. The monoisotopic (exact) mass is 216 g/mol. The molecule has 0 aliphatic heterocycles. The van der Waals surface area contributed by atoms with E-state index in [2.05, 4.69) is 5.32 Å². The fraction of sp³-hybridized carbons (Fsp3) is 0.909. The molecule has 0 rings (SSSR count). The SMILES string of the molecule is CC(CN)CC(=O)NCC(C)(C)CCO. The Morgan fingerprint density at radius 1 is 1.53 bits per heavy atom. The molecule has 0 aromatic carbocycles. The number of hydrogen-bond acceptors (Lipinski definition) is 3. The summed E-state index contributed by atoms with van der Waals surface area (Å²) in [7, 11) is 0. The van der Waals surface area contributed by atoms with Crippen molar-refractivity contribution >= 4 is 5.91 Å². The summed E-state index contributed by atoms with van der Waals surface area (Å²) in [5.74, 6) is 0.268. The Bertz CT molecular complexity index is 193. The van der Waals surface area contributed by atoms with Crippen molar-refractivity contribution in [2.24, 2.45) is 17.1 Å². The second kappa shape index (κ2) is 6.80. The maximum absolute atomic E-state index is 11.4. The fourth-order valence-electron chi connectivity index (χ4n) is 1.20. The van der Waals surface area contributed by atoms with E-state index in [0.717, 1.165) is 0 Å².